The van der Waals surface area contributed by atoms with Crippen LogP contribution in [0, 0.1) is 0 Å². The summed E-state index contributed by atoms with van der Waals surface area (Å²) in [5.74, 6) is 0.403. The number of aromatic nitrogens is 3. The van der Waals surface area contributed by atoms with E-state index in [1.54, 1.807) is 11.3 Å². The molecule has 17 heavy (non-hydrogen) atoms. The van der Waals surface area contributed by atoms with Gasteiger partial charge in [-0.25, -0.2) is 4.98 Å². The minimum Gasteiger partial charge on any atom is -0.375 e. The van der Waals surface area contributed by atoms with Crippen molar-refractivity contribution in [2.45, 2.75) is 38.6 Å². The topological polar surface area (TPSA) is 56.7 Å². The summed E-state index contributed by atoms with van der Waals surface area (Å²) in [6, 6.07) is 2.53. The van der Waals surface area contributed by atoms with Crippen molar-refractivity contribution in [3.8, 4) is 0 Å². The summed E-state index contributed by atoms with van der Waals surface area (Å²) in [4.78, 5) is 5.69. The van der Waals surface area contributed by atoms with E-state index in [2.05, 4.69) is 36.2 Å². The molecule has 4 nitrogen and oxygen atoms in total. The number of thiazole rings is 1. The first kappa shape index (κ1) is 10.8. The van der Waals surface area contributed by atoms with E-state index >= 15 is 0 Å². The average Bonchev–Trinajstić information content (AvgIpc) is 2.90. The molecule has 0 bridgehead atoms. The molecule has 0 fully saturated rings. The Morgan fingerprint density at radius 3 is 3.06 bits per heavy atom. The third-order valence-corrected chi connectivity index (χ3v) is 4.29. The van der Waals surface area contributed by atoms with Gasteiger partial charge in [0.1, 0.15) is 0 Å². The smallest absolute Gasteiger partial charge is 0.180 e. The minimum absolute atomic E-state index is 0.403. The van der Waals surface area contributed by atoms with Crippen molar-refractivity contribution in [3.63, 3.8) is 0 Å². The van der Waals surface area contributed by atoms with E-state index < -0.39 is 0 Å². The Hall–Kier alpha value is -1.36. The van der Waals surface area contributed by atoms with Crippen LogP contribution in [-0.4, -0.2) is 14.8 Å². The number of fused-ring (bicyclic) bond motifs is 1. The van der Waals surface area contributed by atoms with Gasteiger partial charge in [-0.3, -0.25) is 4.68 Å². The number of nitrogen functional groups attached to an aromatic ring is 1. The van der Waals surface area contributed by atoms with Crippen molar-refractivity contribution in [2.75, 3.05) is 5.73 Å². The number of hydrogen-bond acceptors (Lipinski definition) is 4. The lowest BCUT2D eigenvalue weighted by Gasteiger charge is -2.07. The quantitative estimate of drug-likeness (QED) is 0.888. The van der Waals surface area contributed by atoms with Gasteiger partial charge in [0.05, 0.1) is 11.4 Å². The Balaban J connectivity index is 1.95. The molecule has 0 amide bonds. The van der Waals surface area contributed by atoms with Gasteiger partial charge in [-0.05, 0) is 32.8 Å². The molecule has 2 heterocycles. The number of hydrogen-bond donors (Lipinski definition) is 1. The first-order valence-corrected chi connectivity index (χ1v) is 6.77. The lowest BCUT2D eigenvalue weighted by Crippen LogP contribution is -2.03. The van der Waals surface area contributed by atoms with Crippen molar-refractivity contribution in [1.82, 2.24) is 14.8 Å². The highest BCUT2D eigenvalue weighted by atomic mass is 32.1. The molecule has 2 N–H and O–H groups in total. The van der Waals surface area contributed by atoms with E-state index in [9.17, 15) is 0 Å². The number of anilines is 1. The van der Waals surface area contributed by atoms with Crippen LogP contribution in [0.4, 0.5) is 5.13 Å². The highest BCUT2D eigenvalue weighted by molar-refractivity contribution is 7.15. The van der Waals surface area contributed by atoms with Crippen LogP contribution < -0.4 is 5.73 Å². The highest BCUT2D eigenvalue weighted by Crippen LogP contribution is 2.41. The van der Waals surface area contributed by atoms with E-state index in [1.165, 1.54) is 10.6 Å². The van der Waals surface area contributed by atoms with Crippen LogP contribution >= 0.6 is 11.3 Å². The maximum atomic E-state index is 5.76. The first-order chi connectivity index (χ1) is 8.15. The summed E-state index contributed by atoms with van der Waals surface area (Å²) in [7, 11) is 0. The molecule has 0 aliphatic heterocycles. The Morgan fingerprint density at radius 2 is 2.35 bits per heavy atom. The van der Waals surface area contributed by atoms with Crippen molar-refractivity contribution in [2.24, 2.45) is 0 Å². The monoisotopic (exact) mass is 248 g/mol. The van der Waals surface area contributed by atoms with Gasteiger partial charge in [-0.15, -0.1) is 11.3 Å². The number of nitrogens with two attached hydrogens (primary N) is 1. The van der Waals surface area contributed by atoms with E-state index in [0.717, 1.165) is 18.5 Å². The maximum Gasteiger partial charge on any atom is 0.180 e. The molecular formula is C12H16N4S. The van der Waals surface area contributed by atoms with Crippen LogP contribution in [0.3, 0.4) is 0 Å². The predicted molar refractivity (Wildman–Crippen MR) is 69.3 cm³/mol. The van der Waals surface area contributed by atoms with E-state index in [-0.39, 0.29) is 0 Å². The first-order valence-electron chi connectivity index (χ1n) is 5.95. The second kappa shape index (κ2) is 3.84. The molecule has 1 aliphatic rings. The minimum atomic E-state index is 0.403. The predicted octanol–water partition coefficient (Wildman–Crippen LogP) is 2.58. The second-order valence-electron chi connectivity index (χ2n) is 4.77. The second-order valence-corrected chi connectivity index (χ2v) is 5.83. The Bertz CT molecular complexity index is 540. The van der Waals surface area contributed by atoms with Crippen molar-refractivity contribution < 1.29 is 0 Å². The van der Waals surface area contributed by atoms with Crippen LogP contribution in [0.2, 0.25) is 0 Å². The van der Waals surface area contributed by atoms with Gasteiger partial charge in [-0.1, -0.05) is 0 Å². The fourth-order valence-corrected chi connectivity index (χ4v) is 3.38. The number of rotatable bonds is 2. The number of aryl methyl sites for hydroxylation is 1. The third-order valence-electron chi connectivity index (χ3n) is 3.25. The largest absolute Gasteiger partial charge is 0.375 e. The van der Waals surface area contributed by atoms with Gasteiger partial charge in [0.25, 0.3) is 0 Å². The van der Waals surface area contributed by atoms with Gasteiger partial charge in [0, 0.05) is 23.0 Å². The molecule has 5 heteroatoms. The van der Waals surface area contributed by atoms with Gasteiger partial charge >= 0.3 is 0 Å². The van der Waals surface area contributed by atoms with E-state index in [4.69, 9.17) is 5.73 Å². The van der Waals surface area contributed by atoms with Crippen LogP contribution in [0.15, 0.2) is 12.3 Å². The van der Waals surface area contributed by atoms with Crippen molar-refractivity contribution >= 4 is 16.5 Å². The Morgan fingerprint density at radius 1 is 1.53 bits per heavy atom. The van der Waals surface area contributed by atoms with Crippen LogP contribution in [0.1, 0.15) is 48.5 Å². The van der Waals surface area contributed by atoms with Gasteiger partial charge in [0.2, 0.25) is 0 Å². The Kier molecular flexibility index (Phi) is 2.43. The Labute approximate surface area is 104 Å². The SMILES string of the molecule is CC(C)n1ccc(C2CCc3nc(N)sc32)n1. The zero-order valence-corrected chi connectivity index (χ0v) is 10.9. The molecular weight excluding hydrogens is 232 g/mol. The summed E-state index contributed by atoms with van der Waals surface area (Å²) in [6.45, 7) is 4.28. The molecule has 2 aromatic rings. The summed E-state index contributed by atoms with van der Waals surface area (Å²) >= 11 is 1.61. The van der Waals surface area contributed by atoms with E-state index in [1.807, 2.05) is 4.68 Å². The molecule has 1 aliphatic carbocycles. The molecule has 2 aromatic heterocycles. The molecule has 0 spiro atoms. The number of nitrogens with zero attached hydrogens (tertiary/aromatic N) is 3. The molecule has 0 aromatic carbocycles. The fraction of sp³-hybridized carbons (Fsp3) is 0.500. The van der Waals surface area contributed by atoms with Crippen LogP contribution in [0.5, 0.6) is 0 Å². The fourth-order valence-electron chi connectivity index (χ4n) is 2.35. The summed E-state index contributed by atoms with van der Waals surface area (Å²) < 4.78 is 2.01. The summed E-state index contributed by atoms with van der Waals surface area (Å²) in [5, 5.41) is 5.34. The highest BCUT2D eigenvalue weighted by Gasteiger charge is 2.29. The lowest BCUT2D eigenvalue weighted by molar-refractivity contribution is 0.522. The van der Waals surface area contributed by atoms with Gasteiger partial charge < -0.3 is 5.73 Å². The molecule has 90 valence electrons. The van der Waals surface area contributed by atoms with Crippen molar-refractivity contribution in [3.05, 3.63) is 28.5 Å². The summed E-state index contributed by atoms with van der Waals surface area (Å²) in [5.41, 5.74) is 8.10. The van der Waals surface area contributed by atoms with Gasteiger partial charge in [-0.2, -0.15) is 5.10 Å². The average molecular weight is 248 g/mol. The van der Waals surface area contributed by atoms with Gasteiger partial charge in [0.15, 0.2) is 5.13 Å². The molecule has 0 saturated heterocycles. The molecule has 0 saturated carbocycles. The lowest BCUT2D eigenvalue weighted by atomic mass is 10.1. The molecule has 3 rings (SSSR count). The normalized spacial score (nSPS) is 18.9. The van der Waals surface area contributed by atoms with Crippen molar-refractivity contribution in [1.29, 1.82) is 0 Å². The van der Waals surface area contributed by atoms with Crippen LogP contribution in [0.25, 0.3) is 0 Å². The van der Waals surface area contributed by atoms with Crippen LogP contribution in [-0.2, 0) is 6.42 Å². The zero-order valence-electron chi connectivity index (χ0n) is 10.1. The molecule has 0 radical (unpaired) electrons. The summed E-state index contributed by atoms with van der Waals surface area (Å²) in [6.07, 6.45) is 4.20. The molecule has 1 atom stereocenters. The molecule has 1 unspecified atom stereocenters. The standard InChI is InChI=1S/C12H16N4S/c1-7(2)16-6-5-9(15-16)8-3-4-10-11(8)17-12(13)14-10/h5-8H,3-4H2,1-2H3,(H2,13,14). The van der Waals surface area contributed by atoms with E-state index in [0.29, 0.717) is 17.1 Å². The third kappa shape index (κ3) is 1.74. The zero-order chi connectivity index (χ0) is 12.0. The maximum absolute atomic E-state index is 5.76.